The monoisotopic (exact) mass is 440 g/mol. The van der Waals surface area contributed by atoms with Gasteiger partial charge in [-0.05, 0) is 71.8 Å². The Hall–Kier alpha value is -3.49. The minimum absolute atomic E-state index is 0.0680. The number of nitrogens with zero attached hydrogens (tertiary/aromatic N) is 2. The van der Waals surface area contributed by atoms with E-state index in [2.05, 4.69) is 61.2 Å². The molecule has 0 amide bonds. The van der Waals surface area contributed by atoms with Gasteiger partial charge in [-0.1, -0.05) is 36.4 Å². The molecule has 1 unspecified atom stereocenters. The van der Waals surface area contributed by atoms with E-state index < -0.39 is 0 Å². The summed E-state index contributed by atoms with van der Waals surface area (Å²) >= 11 is 0. The maximum atomic E-state index is 9.23. The van der Waals surface area contributed by atoms with Crippen LogP contribution in [0, 0.1) is 25.2 Å². The molecule has 5 heteroatoms. The molecule has 0 saturated carbocycles. The van der Waals surface area contributed by atoms with Crippen LogP contribution in [0.25, 0.3) is 0 Å². The summed E-state index contributed by atoms with van der Waals surface area (Å²) in [5.74, 6) is 2.53. The molecule has 2 aliphatic heterocycles. The van der Waals surface area contributed by atoms with Crippen LogP contribution in [0.15, 0.2) is 54.6 Å². The number of hydrogen-bond donors (Lipinski definition) is 0. The van der Waals surface area contributed by atoms with Crippen molar-refractivity contribution >= 4 is 0 Å². The standard InChI is InChI=1S/C28H28N2O3/c1-19-14-26-27(33-18-32-26)16-23(19)28-24-13-20(2)25(31-17-21-7-4-3-5-8-21)15-22(24)9-12-30(28)11-6-10-29/h3-5,7-8,13-16,28H,6,9,11-12,17-18H2,1-2H3. The zero-order valence-corrected chi connectivity index (χ0v) is 19.1. The van der Waals surface area contributed by atoms with E-state index in [0.29, 0.717) is 13.0 Å². The highest BCUT2D eigenvalue weighted by Gasteiger charge is 2.32. The molecule has 0 fully saturated rings. The molecule has 3 aromatic rings. The molecule has 0 saturated heterocycles. The van der Waals surface area contributed by atoms with Crippen molar-refractivity contribution in [1.82, 2.24) is 4.90 Å². The Bertz CT molecular complexity index is 1200. The van der Waals surface area contributed by atoms with E-state index in [9.17, 15) is 5.26 Å². The molecule has 0 N–H and O–H groups in total. The Balaban J connectivity index is 1.51. The van der Waals surface area contributed by atoms with Gasteiger partial charge in [0.25, 0.3) is 0 Å². The second-order valence-electron chi connectivity index (χ2n) is 8.75. The zero-order chi connectivity index (χ0) is 22.8. The van der Waals surface area contributed by atoms with Crippen LogP contribution in [0.1, 0.15) is 45.8 Å². The molecule has 3 aromatic carbocycles. The van der Waals surface area contributed by atoms with E-state index >= 15 is 0 Å². The first kappa shape index (κ1) is 21.4. The predicted molar refractivity (Wildman–Crippen MR) is 127 cm³/mol. The Morgan fingerprint density at radius 2 is 1.79 bits per heavy atom. The summed E-state index contributed by atoms with van der Waals surface area (Å²) in [4.78, 5) is 2.42. The van der Waals surface area contributed by atoms with E-state index in [0.717, 1.165) is 47.9 Å². The number of nitriles is 1. The van der Waals surface area contributed by atoms with Crippen LogP contribution in [-0.2, 0) is 13.0 Å². The van der Waals surface area contributed by atoms with Gasteiger partial charge in [0.05, 0.1) is 12.1 Å². The van der Waals surface area contributed by atoms with Crippen LogP contribution in [0.3, 0.4) is 0 Å². The van der Waals surface area contributed by atoms with Gasteiger partial charge in [0, 0.05) is 19.5 Å². The number of benzene rings is 3. The predicted octanol–water partition coefficient (Wildman–Crippen LogP) is 5.47. The molecule has 0 aliphatic carbocycles. The summed E-state index contributed by atoms with van der Waals surface area (Å²) in [6, 6.07) is 21.3. The summed E-state index contributed by atoms with van der Waals surface area (Å²) in [6.45, 7) is 6.68. The number of aryl methyl sites for hydroxylation is 2. The highest BCUT2D eigenvalue weighted by molar-refractivity contribution is 5.54. The largest absolute Gasteiger partial charge is 0.489 e. The molecule has 0 aromatic heterocycles. The summed E-state index contributed by atoms with van der Waals surface area (Å²) < 4.78 is 17.5. The topological polar surface area (TPSA) is 54.7 Å². The molecule has 0 spiro atoms. The van der Waals surface area contributed by atoms with Gasteiger partial charge in [-0.15, -0.1) is 0 Å². The SMILES string of the molecule is Cc1cc2c(cc1OCc1ccccc1)CCN(CCC#N)C2c1cc2c(cc1C)OCO2. The van der Waals surface area contributed by atoms with E-state index in [1.165, 1.54) is 22.3 Å². The Morgan fingerprint density at radius 3 is 2.58 bits per heavy atom. The van der Waals surface area contributed by atoms with Crippen molar-refractivity contribution in [1.29, 1.82) is 5.26 Å². The first-order valence-corrected chi connectivity index (χ1v) is 11.5. The van der Waals surface area contributed by atoms with E-state index in [1.807, 2.05) is 18.2 Å². The molecule has 0 radical (unpaired) electrons. The van der Waals surface area contributed by atoms with Crippen molar-refractivity contribution in [3.05, 3.63) is 88.0 Å². The van der Waals surface area contributed by atoms with Gasteiger partial charge in [-0.3, -0.25) is 4.90 Å². The van der Waals surface area contributed by atoms with Crippen LogP contribution in [0.4, 0.5) is 0 Å². The maximum absolute atomic E-state index is 9.23. The average molecular weight is 441 g/mol. The number of ether oxygens (including phenoxy) is 3. The van der Waals surface area contributed by atoms with Crippen LogP contribution >= 0.6 is 0 Å². The fourth-order valence-electron chi connectivity index (χ4n) is 4.86. The lowest BCUT2D eigenvalue weighted by Gasteiger charge is -2.38. The lowest BCUT2D eigenvalue weighted by Crippen LogP contribution is -2.37. The van der Waals surface area contributed by atoms with Crippen molar-refractivity contribution in [2.45, 2.75) is 39.3 Å². The van der Waals surface area contributed by atoms with Gasteiger partial charge in [0.2, 0.25) is 6.79 Å². The summed E-state index contributed by atoms with van der Waals surface area (Å²) in [6.07, 6.45) is 1.44. The van der Waals surface area contributed by atoms with E-state index in [4.69, 9.17) is 14.2 Å². The normalized spacial score (nSPS) is 16.8. The third-order valence-electron chi connectivity index (χ3n) is 6.57. The van der Waals surface area contributed by atoms with Gasteiger partial charge in [-0.2, -0.15) is 5.26 Å². The second-order valence-corrected chi connectivity index (χ2v) is 8.75. The molecule has 2 aliphatic rings. The van der Waals surface area contributed by atoms with E-state index in [-0.39, 0.29) is 12.8 Å². The Morgan fingerprint density at radius 1 is 1.00 bits per heavy atom. The van der Waals surface area contributed by atoms with E-state index in [1.54, 1.807) is 0 Å². The molecular weight excluding hydrogens is 412 g/mol. The number of hydrogen-bond acceptors (Lipinski definition) is 5. The first-order chi connectivity index (χ1) is 16.1. The van der Waals surface area contributed by atoms with Crippen LogP contribution in [0.2, 0.25) is 0 Å². The Kier molecular flexibility index (Phi) is 5.93. The van der Waals surface area contributed by atoms with Gasteiger partial charge in [0.1, 0.15) is 12.4 Å². The molecule has 5 rings (SSSR count). The quantitative estimate of drug-likeness (QED) is 0.509. The van der Waals surface area contributed by atoms with Crippen LogP contribution in [-0.4, -0.2) is 24.8 Å². The van der Waals surface area contributed by atoms with Crippen molar-refractivity contribution in [3.63, 3.8) is 0 Å². The van der Waals surface area contributed by atoms with Gasteiger partial charge in [-0.25, -0.2) is 0 Å². The van der Waals surface area contributed by atoms with Crippen molar-refractivity contribution < 1.29 is 14.2 Å². The third-order valence-corrected chi connectivity index (χ3v) is 6.57. The molecule has 0 bridgehead atoms. The second kappa shape index (κ2) is 9.17. The lowest BCUT2D eigenvalue weighted by molar-refractivity contribution is 0.173. The van der Waals surface area contributed by atoms with Crippen LogP contribution < -0.4 is 14.2 Å². The molecule has 2 heterocycles. The van der Waals surface area contributed by atoms with Gasteiger partial charge in [0.15, 0.2) is 11.5 Å². The molecular formula is C28H28N2O3. The average Bonchev–Trinajstić information content (AvgIpc) is 3.28. The van der Waals surface area contributed by atoms with Crippen LogP contribution in [0.5, 0.6) is 17.2 Å². The molecule has 33 heavy (non-hydrogen) atoms. The van der Waals surface area contributed by atoms with Gasteiger partial charge < -0.3 is 14.2 Å². The van der Waals surface area contributed by atoms with Gasteiger partial charge >= 0.3 is 0 Å². The molecule has 1 atom stereocenters. The summed E-state index contributed by atoms with van der Waals surface area (Å²) in [7, 11) is 0. The summed E-state index contributed by atoms with van der Waals surface area (Å²) in [5, 5.41) is 9.23. The third kappa shape index (κ3) is 4.27. The molecule has 168 valence electrons. The molecule has 5 nitrogen and oxygen atoms in total. The fraction of sp³-hybridized carbons (Fsp3) is 0.321. The first-order valence-electron chi connectivity index (χ1n) is 11.5. The van der Waals surface area contributed by atoms with Crippen molar-refractivity contribution in [2.24, 2.45) is 0 Å². The number of rotatable bonds is 6. The summed E-state index contributed by atoms with van der Waals surface area (Å²) in [5.41, 5.74) is 7.24. The highest BCUT2D eigenvalue weighted by Crippen LogP contribution is 2.43. The minimum Gasteiger partial charge on any atom is -0.489 e. The van der Waals surface area contributed by atoms with Crippen molar-refractivity contribution in [2.75, 3.05) is 19.9 Å². The smallest absolute Gasteiger partial charge is 0.231 e. The Labute approximate surface area is 195 Å². The lowest BCUT2D eigenvalue weighted by atomic mass is 9.85. The maximum Gasteiger partial charge on any atom is 0.231 e. The number of fused-ring (bicyclic) bond motifs is 2. The zero-order valence-electron chi connectivity index (χ0n) is 19.1. The minimum atomic E-state index is 0.0680. The van der Waals surface area contributed by atoms with Crippen molar-refractivity contribution in [3.8, 4) is 23.3 Å². The fourth-order valence-corrected chi connectivity index (χ4v) is 4.86. The highest BCUT2D eigenvalue weighted by atomic mass is 16.7.